The van der Waals surface area contributed by atoms with E-state index in [-0.39, 0.29) is 22.6 Å². The lowest BCUT2D eigenvalue weighted by atomic mass is 10.1. The van der Waals surface area contributed by atoms with Gasteiger partial charge in [0, 0.05) is 17.7 Å². The third kappa shape index (κ3) is 5.76. The van der Waals surface area contributed by atoms with E-state index < -0.39 is 21.8 Å². The first-order valence-corrected chi connectivity index (χ1v) is 10.6. The van der Waals surface area contributed by atoms with Gasteiger partial charge in [-0.25, -0.2) is 13.1 Å². The first-order valence-electron chi connectivity index (χ1n) is 9.13. The lowest BCUT2D eigenvalue weighted by Gasteiger charge is -2.10. The third-order valence-corrected chi connectivity index (χ3v) is 5.66. The Kier molecular flexibility index (Phi) is 6.77. The molecule has 0 aliphatic heterocycles. The molecule has 0 fully saturated rings. The number of hydrogen-bond donors (Lipinski definition) is 3. The van der Waals surface area contributed by atoms with Crippen LogP contribution < -0.4 is 15.6 Å². The Hall–Kier alpha value is -4.00. The van der Waals surface area contributed by atoms with E-state index in [0.29, 0.717) is 5.56 Å². The van der Waals surface area contributed by atoms with Crippen molar-refractivity contribution >= 4 is 21.8 Å². The van der Waals surface area contributed by atoms with Gasteiger partial charge in [-0.05, 0) is 42.0 Å². The Labute approximate surface area is 179 Å². The van der Waals surface area contributed by atoms with Gasteiger partial charge in [0.25, 0.3) is 11.8 Å². The molecular weight excluding hydrogens is 416 g/mol. The molecule has 31 heavy (non-hydrogen) atoms. The fourth-order valence-electron chi connectivity index (χ4n) is 2.65. The quantitative estimate of drug-likeness (QED) is 0.512. The standard InChI is InChI=1S/C22H18N4O4S/c23-14-17-8-4-9-18(12-17)21(27)25-26-22(28)19-10-5-11-20(13-19)31(29,30)24-15-16-6-2-1-3-7-16/h1-13,24H,15H2,(H,25,27)(H,26,28). The number of carbonyl (C=O) groups is 2. The van der Waals surface area contributed by atoms with Gasteiger partial charge in [0.05, 0.1) is 16.5 Å². The van der Waals surface area contributed by atoms with E-state index in [1.54, 1.807) is 36.4 Å². The highest BCUT2D eigenvalue weighted by atomic mass is 32.2. The van der Waals surface area contributed by atoms with Crippen LogP contribution in [0.3, 0.4) is 0 Å². The maximum atomic E-state index is 12.6. The fourth-order valence-corrected chi connectivity index (χ4v) is 3.71. The number of amides is 2. The molecule has 0 bridgehead atoms. The van der Waals surface area contributed by atoms with Crippen LogP contribution in [0, 0.1) is 11.3 Å². The summed E-state index contributed by atoms with van der Waals surface area (Å²) in [6.07, 6.45) is 0. The molecule has 0 atom stereocenters. The van der Waals surface area contributed by atoms with E-state index in [2.05, 4.69) is 15.6 Å². The normalized spacial score (nSPS) is 10.7. The van der Waals surface area contributed by atoms with Crippen molar-refractivity contribution in [2.75, 3.05) is 0 Å². The van der Waals surface area contributed by atoms with Crippen molar-refractivity contribution in [2.24, 2.45) is 0 Å². The average molecular weight is 434 g/mol. The van der Waals surface area contributed by atoms with E-state index in [0.717, 1.165) is 5.56 Å². The highest BCUT2D eigenvalue weighted by Gasteiger charge is 2.17. The van der Waals surface area contributed by atoms with Gasteiger partial charge in [-0.15, -0.1) is 0 Å². The van der Waals surface area contributed by atoms with E-state index in [4.69, 9.17) is 5.26 Å². The maximum absolute atomic E-state index is 12.6. The molecule has 8 nitrogen and oxygen atoms in total. The lowest BCUT2D eigenvalue weighted by molar-refractivity contribution is 0.0846. The minimum atomic E-state index is -3.84. The summed E-state index contributed by atoms with van der Waals surface area (Å²) in [6, 6.07) is 22.4. The summed E-state index contributed by atoms with van der Waals surface area (Å²) in [5.74, 6) is -1.30. The molecule has 3 aromatic carbocycles. The van der Waals surface area contributed by atoms with Gasteiger partial charge >= 0.3 is 0 Å². The van der Waals surface area contributed by atoms with Gasteiger partial charge in [-0.2, -0.15) is 5.26 Å². The minimum absolute atomic E-state index is 0.0497. The van der Waals surface area contributed by atoms with Crippen LogP contribution in [0.2, 0.25) is 0 Å². The summed E-state index contributed by atoms with van der Waals surface area (Å²) in [7, 11) is -3.84. The Morgan fingerprint density at radius 1 is 0.806 bits per heavy atom. The molecule has 3 rings (SSSR count). The van der Waals surface area contributed by atoms with E-state index in [9.17, 15) is 18.0 Å². The smallest absolute Gasteiger partial charge is 0.267 e. The van der Waals surface area contributed by atoms with Crippen molar-refractivity contribution < 1.29 is 18.0 Å². The molecule has 9 heteroatoms. The third-order valence-electron chi connectivity index (χ3n) is 4.26. The van der Waals surface area contributed by atoms with Crippen LogP contribution >= 0.6 is 0 Å². The Morgan fingerprint density at radius 2 is 1.42 bits per heavy atom. The molecule has 3 N–H and O–H groups in total. The number of nitriles is 1. The van der Waals surface area contributed by atoms with Crippen molar-refractivity contribution in [1.82, 2.24) is 15.6 Å². The number of sulfonamides is 1. The second kappa shape index (κ2) is 9.67. The molecule has 0 saturated carbocycles. The zero-order valence-corrected chi connectivity index (χ0v) is 17.0. The van der Waals surface area contributed by atoms with Crippen molar-refractivity contribution in [3.63, 3.8) is 0 Å². The van der Waals surface area contributed by atoms with Crippen molar-refractivity contribution in [3.8, 4) is 6.07 Å². The monoisotopic (exact) mass is 434 g/mol. The highest BCUT2D eigenvalue weighted by Crippen LogP contribution is 2.12. The number of rotatable bonds is 6. The van der Waals surface area contributed by atoms with Gasteiger partial charge in [0.15, 0.2) is 0 Å². The molecule has 0 aromatic heterocycles. The van der Waals surface area contributed by atoms with Crippen LogP contribution in [0.1, 0.15) is 31.8 Å². The first kappa shape index (κ1) is 21.7. The molecule has 0 saturated heterocycles. The Balaban J connectivity index is 1.65. The first-order chi connectivity index (χ1) is 14.9. The summed E-state index contributed by atoms with van der Waals surface area (Å²) in [4.78, 5) is 24.4. The number of hydrazine groups is 1. The van der Waals surface area contributed by atoms with Crippen molar-refractivity contribution in [2.45, 2.75) is 11.4 Å². The van der Waals surface area contributed by atoms with Crippen molar-refractivity contribution in [1.29, 1.82) is 5.26 Å². The largest absolute Gasteiger partial charge is 0.269 e. The van der Waals surface area contributed by atoms with Crippen LogP contribution in [0.15, 0.2) is 83.8 Å². The van der Waals surface area contributed by atoms with Gasteiger partial charge in [-0.1, -0.05) is 42.5 Å². The Morgan fingerprint density at radius 3 is 2.06 bits per heavy atom. The number of hydrogen-bond acceptors (Lipinski definition) is 5. The summed E-state index contributed by atoms with van der Waals surface area (Å²) in [6.45, 7) is 0.109. The van der Waals surface area contributed by atoms with E-state index >= 15 is 0 Å². The number of benzene rings is 3. The summed E-state index contributed by atoms with van der Waals surface area (Å²) in [5, 5.41) is 8.90. The molecule has 156 valence electrons. The fraction of sp³-hybridized carbons (Fsp3) is 0.0455. The van der Waals surface area contributed by atoms with Gasteiger partial charge in [0.2, 0.25) is 10.0 Å². The molecule has 3 aromatic rings. The second-order valence-electron chi connectivity index (χ2n) is 6.44. The molecule has 0 aliphatic carbocycles. The van der Waals surface area contributed by atoms with Crippen molar-refractivity contribution in [3.05, 3.63) is 101 Å². The zero-order valence-electron chi connectivity index (χ0n) is 16.2. The predicted octanol–water partition coefficient (Wildman–Crippen LogP) is 2.11. The molecule has 2 amide bonds. The van der Waals surface area contributed by atoms with Crippen LogP contribution in [-0.4, -0.2) is 20.2 Å². The van der Waals surface area contributed by atoms with Gasteiger partial charge in [-0.3, -0.25) is 20.4 Å². The van der Waals surface area contributed by atoms with Crippen LogP contribution in [0.4, 0.5) is 0 Å². The molecule has 0 radical (unpaired) electrons. The Bertz CT molecular complexity index is 1250. The van der Waals surface area contributed by atoms with Gasteiger partial charge in [0.1, 0.15) is 0 Å². The molecule has 0 unspecified atom stereocenters. The van der Waals surface area contributed by atoms with E-state index in [1.165, 1.54) is 36.4 Å². The average Bonchev–Trinajstić information content (AvgIpc) is 2.81. The molecule has 0 aliphatic rings. The number of nitrogens with zero attached hydrogens (tertiary/aromatic N) is 1. The van der Waals surface area contributed by atoms with Crippen LogP contribution in [0.25, 0.3) is 0 Å². The second-order valence-corrected chi connectivity index (χ2v) is 8.21. The number of nitrogens with one attached hydrogen (secondary N) is 3. The molecular formula is C22H18N4O4S. The van der Waals surface area contributed by atoms with Crippen LogP contribution in [0.5, 0.6) is 0 Å². The maximum Gasteiger partial charge on any atom is 0.269 e. The zero-order chi connectivity index (χ0) is 22.3. The molecule has 0 heterocycles. The lowest BCUT2D eigenvalue weighted by Crippen LogP contribution is -2.41. The predicted molar refractivity (Wildman–Crippen MR) is 113 cm³/mol. The summed E-state index contributed by atoms with van der Waals surface area (Å²) in [5.41, 5.74) is 5.82. The van der Waals surface area contributed by atoms with Crippen LogP contribution in [-0.2, 0) is 16.6 Å². The van der Waals surface area contributed by atoms with E-state index in [1.807, 2.05) is 12.1 Å². The number of carbonyl (C=O) groups excluding carboxylic acids is 2. The minimum Gasteiger partial charge on any atom is -0.267 e. The SMILES string of the molecule is N#Cc1cccc(C(=O)NNC(=O)c2cccc(S(=O)(=O)NCc3ccccc3)c2)c1. The molecule has 0 spiro atoms. The summed E-state index contributed by atoms with van der Waals surface area (Å²) >= 11 is 0. The highest BCUT2D eigenvalue weighted by molar-refractivity contribution is 7.89. The summed E-state index contributed by atoms with van der Waals surface area (Å²) < 4.78 is 27.6. The topological polar surface area (TPSA) is 128 Å². The van der Waals surface area contributed by atoms with Gasteiger partial charge < -0.3 is 0 Å².